The molecule has 0 saturated heterocycles. The van der Waals surface area contributed by atoms with Crippen LogP contribution in [0.3, 0.4) is 0 Å². The number of amides is 1. The summed E-state index contributed by atoms with van der Waals surface area (Å²) in [6, 6.07) is 16.5. The van der Waals surface area contributed by atoms with E-state index in [9.17, 15) is 13.2 Å². The maximum Gasteiger partial charge on any atom is 0.248 e. The molecular weight excluding hydrogens is 324 g/mol. The Kier molecular flexibility index (Phi) is 4.14. The van der Waals surface area contributed by atoms with E-state index in [0.717, 1.165) is 5.56 Å². The van der Waals surface area contributed by atoms with Gasteiger partial charge < -0.3 is 5.73 Å². The van der Waals surface area contributed by atoms with Gasteiger partial charge in [-0.25, -0.2) is 8.42 Å². The second-order valence-electron chi connectivity index (χ2n) is 5.13. The molecule has 1 amide bonds. The third-order valence-electron chi connectivity index (χ3n) is 3.59. The number of primary amides is 1. The van der Waals surface area contributed by atoms with Crippen LogP contribution < -0.4 is 5.73 Å². The number of sulfone groups is 1. The van der Waals surface area contributed by atoms with Gasteiger partial charge in [0.1, 0.15) is 0 Å². The monoisotopic (exact) mass is 338 g/mol. The van der Waals surface area contributed by atoms with Crippen molar-refractivity contribution in [3.8, 4) is 11.1 Å². The lowest BCUT2D eigenvalue weighted by Crippen LogP contribution is -2.13. The highest BCUT2D eigenvalue weighted by atomic mass is 32.2. The van der Waals surface area contributed by atoms with E-state index in [1.54, 1.807) is 12.1 Å². The van der Waals surface area contributed by atoms with E-state index in [1.807, 2.05) is 30.3 Å². The number of aromatic nitrogens is 1. The summed E-state index contributed by atoms with van der Waals surface area (Å²) in [6.45, 7) is 0. The van der Waals surface area contributed by atoms with Crippen molar-refractivity contribution in [1.82, 2.24) is 4.98 Å². The Hall–Kier alpha value is -2.99. The van der Waals surface area contributed by atoms with Crippen molar-refractivity contribution in [2.75, 3.05) is 0 Å². The minimum Gasteiger partial charge on any atom is -0.366 e. The van der Waals surface area contributed by atoms with Gasteiger partial charge in [-0.1, -0.05) is 36.4 Å². The molecule has 0 aliphatic rings. The number of carbonyl (C=O) groups excluding carboxylic acids is 1. The van der Waals surface area contributed by atoms with Gasteiger partial charge in [0.25, 0.3) is 0 Å². The maximum absolute atomic E-state index is 13.0. The predicted molar refractivity (Wildman–Crippen MR) is 90.1 cm³/mol. The first-order valence-electron chi connectivity index (χ1n) is 7.14. The SMILES string of the molecule is NC(=O)c1ccc(-c2ccccc2)c(S(=O)(=O)c2cccnc2)c1. The largest absolute Gasteiger partial charge is 0.366 e. The Morgan fingerprint density at radius 3 is 2.33 bits per heavy atom. The summed E-state index contributed by atoms with van der Waals surface area (Å²) in [7, 11) is -3.84. The van der Waals surface area contributed by atoms with Gasteiger partial charge >= 0.3 is 0 Å². The molecule has 24 heavy (non-hydrogen) atoms. The molecule has 0 atom stereocenters. The van der Waals surface area contributed by atoms with Crippen molar-refractivity contribution in [1.29, 1.82) is 0 Å². The minimum absolute atomic E-state index is 0.0259. The van der Waals surface area contributed by atoms with Crippen molar-refractivity contribution in [3.63, 3.8) is 0 Å². The molecule has 1 aromatic heterocycles. The second-order valence-corrected chi connectivity index (χ2v) is 7.05. The quantitative estimate of drug-likeness (QED) is 0.792. The van der Waals surface area contributed by atoms with Crippen LogP contribution in [0.2, 0.25) is 0 Å². The van der Waals surface area contributed by atoms with Gasteiger partial charge in [-0.3, -0.25) is 9.78 Å². The normalized spacial score (nSPS) is 11.2. The lowest BCUT2D eigenvalue weighted by Gasteiger charge is -2.12. The molecule has 3 aromatic rings. The molecular formula is C18H14N2O3S. The number of hydrogen-bond donors (Lipinski definition) is 1. The number of nitrogens with two attached hydrogens (primary N) is 1. The first-order chi connectivity index (χ1) is 11.5. The Balaban J connectivity index is 2.29. The fraction of sp³-hybridized carbons (Fsp3) is 0. The second kappa shape index (κ2) is 6.25. The summed E-state index contributed by atoms with van der Waals surface area (Å²) in [4.78, 5) is 15.4. The van der Waals surface area contributed by atoms with Crippen LogP contribution >= 0.6 is 0 Å². The average Bonchev–Trinajstić information content (AvgIpc) is 2.62. The highest BCUT2D eigenvalue weighted by Crippen LogP contribution is 2.32. The summed E-state index contributed by atoms with van der Waals surface area (Å²) in [5.41, 5.74) is 6.68. The van der Waals surface area contributed by atoms with Gasteiger partial charge in [-0.15, -0.1) is 0 Å². The zero-order valence-corrected chi connectivity index (χ0v) is 13.4. The topological polar surface area (TPSA) is 90.1 Å². The number of nitrogens with zero attached hydrogens (tertiary/aromatic N) is 1. The Bertz CT molecular complexity index is 985. The standard InChI is InChI=1S/C18H14N2O3S/c19-18(21)14-8-9-16(13-5-2-1-3-6-13)17(11-14)24(22,23)15-7-4-10-20-12-15/h1-12H,(H2,19,21). The van der Waals surface area contributed by atoms with Crippen LogP contribution in [0.4, 0.5) is 0 Å². The van der Waals surface area contributed by atoms with Gasteiger partial charge in [0.05, 0.1) is 9.79 Å². The van der Waals surface area contributed by atoms with Crippen molar-refractivity contribution in [2.45, 2.75) is 9.79 Å². The fourth-order valence-electron chi connectivity index (χ4n) is 2.39. The summed E-state index contributed by atoms with van der Waals surface area (Å²) < 4.78 is 26.0. The van der Waals surface area contributed by atoms with E-state index in [-0.39, 0.29) is 15.4 Å². The molecule has 6 heteroatoms. The zero-order valence-electron chi connectivity index (χ0n) is 12.6. The van der Waals surface area contributed by atoms with Crippen LogP contribution in [-0.4, -0.2) is 19.3 Å². The third kappa shape index (κ3) is 2.91. The third-order valence-corrected chi connectivity index (χ3v) is 5.36. The number of rotatable bonds is 4. The first kappa shape index (κ1) is 15.9. The summed E-state index contributed by atoms with van der Waals surface area (Å²) in [6.07, 6.45) is 2.78. The van der Waals surface area contributed by atoms with Gasteiger partial charge in [0, 0.05) is 23.5 Å². The van der Waals surface area contributed by atoms with E-state index >= 15 is 0 Å². The molecule has 3 rings (SSSR count). The molecule has 0 unspecified atom stereocenters. The van der Waals surface area contributed by atoms with Crippen LogP contribution in [0.5, 0.6) is 0 Å². The van der Waals surface area contributed by atoms with Gasteiger partial charge in [0.15, 0.2) is 0 Å². The number of benzene rings is 2. The molecule has 1 heterocycles. The Labute approximate surface area is 139 Å². The van der Waals surface area contributed by atoms with Crippen LogP contribution in [0.1, 0.15) is 10.4 Å². The molecule has 0 aliphatic carbocycles. The predicted octanol–water partition coefficient (Wildman–Crippen LogP) is 2.68. The van der Waals surface area contributed by atoms with E-state index in [4.69, 9.17) is 5.73 Å². The smallest absolute Gasteiger partial charge is 0.248 e. The molecule has 0 bridgehead atoms. The molecule has 0 fully saturated rings. The molecule has 5 nitrogen and oxygen atoms in total. The molecule has 120 valence electrons. The van der Waals surface area contributed by atoms with E-state index in [2.05, 4.69) is 4.98 Å². The average molecular weight is 338 g/mol. The Morgan fingerprint density at radius 2 is 1.71 bits per heavy atom. The van der Waals surface area contributed by atoms with Crippen molar-refractivity contribution in [2.24, 2.45) is 5.73 Å². The number of carbonyl (C=O) groups is 1. The summed E-state index contributed by atoms with van der Waals surface area (Å²) in [5.74, 6) is -0.683. The Morgan fingerprint density at radius 1 is 0.958 bits per heavy atom. The molecule has 0 saturated carbocycles. The number of pyridine rings is 1. The van der Waals surface area contributed by atoms with Crippen LogP contribution in [0.15, 0.2) is 82.8 Å². The maximum atomic E-state index is 13.0. The van der Waals surface area contributed by atoms with Crippen molar-refractivity contribution >= 4 is 15.7 Å². The van der Waals surface area contributed by atoms with Gasteiger partial charge in [-0.05, 0) is 29.8 Å². The fourth-order valence-corrected chi connectivity index (χ4v) is 3.86. The summed E-state index contributed by atoms with van der Waals surface area (Å²) in [5, 5.41) is 0. The van der Waals surface area contributed by atoms with Gasteiger partial charge in [-0.2, -0.15) is 0 Å². The van der Waals surface area contributed by atoms with E-state index in [1.165, 1.54) is 30.6 Å². The first-order valence-corrected chi connectivity index (χ1v) is 8.63. The van der Waals surface area contributed by atoms with Crippen LogP contribution in [0, 0.1) is 0 Å². The highest BCUT2D eigenvalue weighted by molar-refractivity contribution is 7.91. The molecule has 0 spiro atoms. The number of hydrogen-bond acceptors (Lipinski definition) is 4. The summed E-state index contributed by atoms with van der Waals surface area (Å²) >= 11 is 0. The van der Waals surface area contributed by atoms with Crippen LogP contribution in [-0.2, 0) is 9.84 Å². The highest BCUT2D eigenvalue weighted by Gasteiger charge is 2.23. The van der Waals surface area contributed by atoms with Crippen LogP contribution in [0.25, 0.3) is 11.1 Å². The van der Waals surface area contributed by atoms with Crippen molar-refractivity contribution in [3.05, 3.63) is 78.6 Å². The van der Waals surface area contributed by atoms with Crippen molar-refractivity contribution < 1.29 is 13.2 Å². The lowest BCUT2D eigenvalue weighted by molar-refractivity contribution is 0.1000. The minimum atomic E-state index is -3.84. The van der Waals surface area contributed by atoms with E-state index < -0.39 is 15.7 Å². The van der Waals surface area contributed by atoms with Gasteiger partial charge in [0.2, 0.25) is 15.7 Å². The molecule has 0 radical (unpaired) electrons. The van der Waals surface area contributed by atoms with E-state index in [0.29, 0.717) is 5.56 Å². The molecule has 0 aliphatic heterocycles. The zero-order chi connectivity index (χ0) is 17.2. The lowest BCUT2D eigenvalue weighted by atomic mass is 10.0. The molecule has 2 N–H and O–H groups in total. The molecule has 2 aromatic carbocycles.